The minimum atomic E-state index is 0.0138. The molecule has 82 valence electrons. The highest BCUT2D eigenvalue weighted by molar-refractivity contribution is 5.08. The topological polar surface area (TPSA) is 12.5 Å². The molecule has 0 amide bonds. The van der Waals surface area contributed by atoms with Crippen LogP contribution >= 0.6 is 0 Å². The van der Waals surface area contributed by atoms with Gasteiger partial charge in [-0.25, -0.2) is 0 Å². The molecule has 0 aromatic heterocycles. The molecule has 0 radical (unpaired) electrons. The SMILES string of the molecule is CN1CCC[C@@H]1C1(OC(C)(C)C)CC1. The fraction of sp³-hybridized carbons (Fsp3) is 1.00. The van der Waals surface area contributed by atoms with E-state index in [9.17, 15) is 0 Å². The molecule has 2 aliphatic rings. The number of likely N-dealkylation sites (tertiary alicyclic amines) is 1. The van der Waals surface area contributed by atoms with Crippen molar-refractivity contribution in [1.82, 2.24) is 4.90 Å². The summed E-state index contributed by atoms with van der Waals surface area (Å²) in [4.78, 5) is 2.48. The first-order valence-electron chi connectivity index (χ1n) is 5.83. The molecule has 14 heavy (non-hydrogen) atoms. The lowest BCUT2D eigenvalue weighted by Crippen LogP contribution is -2.44. The molecule has 0 unspecified atom stereocenters. The maximum atomic E-state index is 6.25. The molecule has 1 atom stereocenters. The predicted molar refractivity (Wildman–Crippen MR) is 58.5 cm³/mol. The molecule has 0 aromatic rings. The minimum absolute atomic E-state index is 0.0138. The van der Waals surface area contributed by atoms with Crippen molar-refractivity contribution in [2.45, 2.75) is 63.7 Å². The van der Waals surface area contributed by atoms with Gasteiger partial charge in [-0.05, 0) is 60.0 Å². The van der Waals surface area contributed by atoms with E-state index in [0.29, 0.717) is 6.04 Å². The summed E-state index contributed by atoms with van der Waals surface area (Å²) >= 11 is 0. The third kappa shape index (κ3) is 1.96. The van der Waals surface area contributed by atoms with Gasteiger partial charge in [0.15, 0.2) is 0 Å². The highest BCUT2D eigenvalue weighted by Crippen LogP contribution is 2.49. The molecule has 1 saturated heterocycles. The Bertz CT molecular complexity index is 215. The molecule has 2 rings (SSSR count). The Balaban J connectivity index is 2.02. The van der Waals surface area contributed by atoms with Gasteiger partial charge in [-0.2, -0.15) is 0 Å². The van der Waals surface area contributed by atoms with Crippen molar-refractivity contribution in [3.05, 3.63) is 0 Å². The van der Waals surface area contributed by atoms with E-state index in [1.807, 2.05) is 0 Å². The Morgan fingerprint density at radius 1 is 1.29 bits per heavy atom. The standard InChI is InChI=1S/C12H23NO/c1-11(2,3)14-12(7-8-12)10-6-5-9-13(10)4/h10H,5-9H2,1-4H3/t10-/m1/s1. The fourth-order valence-electron chi connectivity index (χ4n) is 2.81. The lowest BCUT2D eigenvalue weighted by molar-refractivity contribution is -0.104. The van der Waals surface area contributed by atoms with Crippen LogP contribution in [0.2, 0.25) is 0 Å². The largest absolute Gasteiger partial charge is 0.368 e. The number of likely N-dealkylation sites (N-methyl/N-ethyl adjacent to an activating group) is 1. The lowest BCUT2D eigenvalue weighted by Gasteiger charge is -2.35. The van der Waals surface area contributed by atoms with Crippen molar-refractivity contribution < 1.29 is 4.74 Å². The van der Waals surface area contributed by atoms with Crippen LogP contribution in [0, 0.1) is 0 Å². The van der Waals surface area contributed by atoms with Crippen LogP contribution in [0.25, 0.3) is 0 Å². The fourth-order valence-corrected chi connectivity index (χ4v) is 2.81. The second kappa shape index (κ2) is 3.21. The van der Waals surface area contributed by atoms with E-state index >= 15 is 0 Å². The summed E-state index contributed by atoms with van der Waals surface area (Å²) < 4.78 is 6.25. The summed E-state index contributed by atoms with van der Waals surface area (Å²) in [5.74, 6) is 0. The zero-order valence-corrected chi connectivity index (χ0v) is 9.97. The Morgan fingerprint density at radius 3 is 2.29 bits per heavy atom. The molecule has 0 aromatic carbocycles. The van der Waals surface area contributed by atoms with Crippen LogP contribution in [0.3, 0.4) is 0 Å². The van der Waals surface area contributed by atoms with E-state index in [1.54, 1.807) is 0 Å². The molecule has 0 N–H and O–H groups in total. The molecule has 0 spiro atoms. The normalized spacial score (nSPS) is 32.1. The van der Waals surface area contributed by atoms with Crippen molar-refractivity contribution in [3.8, 4) is 0 Å². The maximum Gasteiger partial charge on any atom is 0.0846 e. The molecule has 1 aliphatic carbocycles. The third-order valence-electron chi connectivity index (χ3n) is 3.38. The van der Waals surface area contributed by atoms with E-state index in [2.05, 4.69) is 32.7 Å². The van der Waals surface area contributed by atoms with Crippen LogP contribution < -0.4 is 0 Å². The Labute approximate surface area is 87.6 Å². The lowest BCUT2D eigenvalue weighted by atomic mass is 10.0. The van der Waals surface area contributed by atoms with Gasteiger partial charge < -0.3 is 9.64 Å². The molecule has 1 heterocycles. The van der Waals surface area contributed by atoms with Gasteiger partial charge in [0.25, 0.3) is 0 Å². The van der Waals surface area contributed by atoms with Crippen molar-refractivity contribution in [1.29, 1.82) is 0 Å². The van der Waals surface area contributed by atoms with Crippen LogP contribution in [0.5, 0.6) is 0 Å². The number of hydrogen-bond donors (Lipinski definition) is 0. The highest BCUT2D eigenvalue weighted by Gasteiger charge is 2.54. The molecule has 2 fully saturated rings. The maximum absolute atomic E-state index is 6.25. The van der Waals surface area contributed by atoms with Gasteiger partial charge in [0.05, 0.1) is 11.2 Å². The van der Waals surface area contributed by atoms with Crippen LogP contribution in [0.4, 0.5) is 0 Å². The van der Waals surface area contributed by atoms with Gasteiger partial charge >= 0.3 is 0 Å². The van der Waals surface area contributed by atoms with Gasteiger partial charge in [-0.3, -0.25) is 0 Å². The third-order valence-corrected chi connectivity index (χ3v) is 3.38. The Hall–Kier alpha value is -0.0800. The average Bonchev–Trinajstić information content (AvgIpc) is 2.62. The van der Waals surface area contributed by atoms with E-state index in [-0.39, 0.29) is 11.2 Å². The molecule has 1 saturated carbocycles. The first-order chi connectivity index (χ1) is 6.43. The number of hydrogen-bond acceptors (Lipinski definition) is 2. The summed E-state index contributed by atoms with van der Waals surface area (Å²) in [5, 5.41) is 0. The number of rotatable bonds is 2. The summed E-state index contributed by atoms with van der Waals surface area (Å²) in [5.41, 5.74) is 0.226. The quantitative estimate of drug-likeness (QED) is 0.674. The molecular weight excluding hydrogens is 174 g/mol. The Kier molecular flexibility index (Phi) is 2.39. The predicted octanol–water partition coefficient (Wildman–Crippen LogP) is 2.43. The van der Waals surface area contributed by atoms with Crippen molar-refractivity contribution in [2.24, 2.45) is 0 Å². The van der Waals surface area contributed by atoms with Gasteiger partial charge in [0, 0.05) is 6.04 Å². The summed E-state index contributed by atoms with van der Waals surface area (Å²) in [6.07, 6.45) is 5.20. The second-order valence-electron chi connectivity index (χ2n) is 5.92. The minimum Gasteiger partial charge on any atom is -0.368 e. The molecule has 2 nitrogen and oxygen atoms in total. The van der Waals surface area contributed by atoms with Gasteiger partial charge in [-0.15, -0.1) is 0 Å². The zero-order chi connectivity index (χ0) is 10.4. The molecule has 0 bridgehead atoms. The van der Waals surface area contributed by atoms with Crippen molar-refractivity contribution in [3.63, 3.8) is 0 Å². The van der Waals surface area contributed by atoms with E-state index < -0.39 is 0 Å². The van der Waals surface area contributed by atoms with E-state index in [1.165, 1.54) is 32.2 Å². The summed E-state index contributed by atoms with van der Waals surface area (Å²) in [6, 6.07) is 0.682. The van der Waals surface area contributed by atoms with Gasteiger partial charge in [0.1, 0.15) is 0 Å². The first-order valence-corrected chi connectivity index (χ1v) is 5.83. The summed E-state index contributed by atoms with van der Waals surface area (Å²) in [7, 11) is 2.24. The number of ether oxygens (including phenoxy) is 1. The molecule has 2 heteroatoms. The van der Waals surface area contributed by atoms with Gasteiger partial charge in [-0.1, -0.05) is 0 Å². The monoisotopic (exact) mass is 197 g/mol. The highest BCUT2D eigenvalue weighted by atomic mass is 16.5. The summed E-state index contributed by atoms with van der Waals surface area (Å²) in [6.45, 7) is 7.76. The molecule has 1 aliphatic heterocycles. The second-order valence-corrected chi connectivity index (χ2v) is 5.92. The van der Waals surface area contributed by atoms with E-state index in [4.69, 9.17) is 4.74 Å². The van der Waals surface area contributed by atoms with Crippen molar-refractivity contribution in [2.75, 3.05) is 13.6 Å². The first kappa shape index (κ1) is 10.4. The van der Waals surface area contributed by atoms with Crippen LogP contribution in [-0.4, -0.2) is 35.7 Å². The smallest absolute Gasteiger partial charge is 0.0846 e. The van der Waals surface area contributed by atoms with Gasteiger partial charge in [0.2, 0.25) is 0 Å². The van der Waals surface area contributed by atoms with E-state index in [0.717, 1.165) is 0 Å². The Morgan fingerprint density at radius 2 is 1.93 bits per heavy atom. The zero-order valence-electron chi connectivity index (χ0n) is 9.97. The average molecular weight is 197 g/mol. The number of nitrogens with zero attached hydrogens (tertiary/aromatic N) is 1. The van der Waals surface area contributed by atoms with Crippen LogP contribution in [-0.2, 0) is 4.74 Å². The van der Waals surface area contributed by atoms with Crippen LogP contribution in [0.1, 0.15) is 46.5 Å². The van der Waals surface area contributed by atoms with Crippen LogP contribution in [0.15, 0.2) is 0 Å². The van der Waals surface area contributed by atoms with Crippen molar-refractivity contribution >= 4 is 0 Å². The molecular formula is C12H23NO.